The number of anilines is 1. The third kappa shape index (κ3) is 2.76. The molecule has 98 valence electrons. The number of aromatic nitrogens is 4. The predicted molar refractivity (Wildman–Crippen MR) is 72.7 cm³/mol. The van der Waals surface area contributed by atoms with Crippen molar-refractivity contribution in [3.05, 3.63) is 12.5 Å². The second-order valence-corrected chi connectivity index (χ2v) is 4.56. The van der Waals surface area contributed by atoms with Gasteiger partial charge in [-0.25, -0.2) is 14.6 Å². The minimum atomic E-state index is 0.834. The molecule has 0 aliphatic carbocycles. The minimum Gasteiger partial charge on any atom is -0.369 e. The van der Waals surface area contributed by atoms with E-state index >= 15 is 0 Å². The SMILES string of the molecule is CCCNc1ncnc2c1cnn2CCN(C)C. The molecule has 2 aromatic rings. The molecule has 0 fully saturated rings. The molecule has 2 rings (SSSR count). The lowest BCUT2D eigenvalue weighted by molar-refractivity contribution is 0.376. The van der Waals surface area contributed by atoms with Crippen molar-refractivity contribution in [2.45, 2.75) is 19.9 Å². The maximum atomic E-state index is 4.38. The molecule has 0 saturated heterocycles. The molecule has 6 heteroatoms. The molecule has 2 heterocycles. The number of fused-ring (bicyclic) bond motifs is 1. The van der Waals surface area contributed by atoms with Crippen molar-refractivity contribution in [2.24, 2.45) is 0 Å². The summed E-state index contributed by atoms with van der Waals surface area (Å²) in [7, 11) is 4.10. The van der Waals surface area contributed by atoms with Gasteiger partial charge in [-0.2, -0.15) is 5.10 Å². The number of nitrogens with zero attached hydrogens (tertiary/aromatic N) is 5. The number of nitrogens with one attached hydrogen (secondary N) is 1. The summed E-state index contributed by atoms with van der Waals surface area (Å²) >= 11 is 0. The summed E-state index contributed by atoms with van der Waals surface area (Å²) in [6.45, 7) is 4.82. The maximum absolute atomic E-state index is 4.38. The fourth-order valence-corrected chi connectivity index (χ4v) is 1.74. The van der Waals surface area contributed by atoms with Crippen LogP contribution in [0, 0.1) is 0 Å². The van der Waals surface area contributed by atoms with Crippen LogP contribution in [-0.4, -0.2) is 51.8 Å². The molecule has 0 atom stereocenters. The zero-order chi connectivity index (χ0) is 13.0. The molecule has 0 aliphatic heterocycles. The molecule has 6 nitrogen and oxygen atoms in total. The molecule has 18 heavy (non-hydrogen) atoms. The summed E-state index contributed by atoms with van der Waals surface area (Å²) in [6.07, 6.45) is 4.50. The molecule has 1 N–H and O–H groups in total. The fourth-order valence-electron chi connectivity index (χ4n) is 1.74. The lowest BCUT2D eigenvalue weighted by Gasteiger charge is -2.09. The number of hydrogen-bond acceptors (Lipinski definition) is 5. The van der Waals surface area contributed by atoms with Crippen LogP contribution < -0.4 is 5.32 Å². The highest BCUT2D eigenvalue weighted by molar-refractivity contribution is 5.85. The first kappa shape index (κ1) is 12.8. The van der Waals surface area contributed by atoms with E-state index in [4.69, 9.17) is 0 Å². The fraction of sp³-hybridized carbons (Fsp3) is 0.583. The van der Waals surface area contributed by atoms with Crippen molar-refractivity contribution in [3.8, 4) is 0 Å². The lowest BCUT2D eigenvalue weighted by Crippen LogP contribution is -2.19. The quantitative estimate of drug-likeness (QED) is 0.832. The number of rotatable bonds is 6. The van der Waals surface area contributed by atoms with Crippen LogP contribution in [0.1, 0.15) is 13.3 Å². The van der Waals surface area contributed by atoms with E-state index in [9.17, 15) is 0 Å². The van der Waals surface area contributed by atoms with Crippen LogP contribution in [0.5, 0.6) is 0 Å². The Morgan fingerprint density at radius 1 is 1.33 bits per heavy atom. The van der Waals surface area contributed by atoms with Gasteiger partial charge in [-0.3, -0.25) is 0 Å². The molecular weight excluding hydrogens is 228 g/mol. The van der Waals surface area contributed by atoms with Gasteiger partial charge in [-0.05, 0) is 20.5 Å². The van der Waals surface area contributed by atoms with E-state index in [1.54, 1.807) is 6.33 Å². The standard InChI is InChI=1S/C12H20N6/c1-4-5-13-11-10-8-16-18(7-6-17(2)3)12(10)15-9-14-11/h8-9H,4-7H2,1-3H3,(H,13,14,15). The molecule has 0 bridgehead atoms. The summed E-state index contributed by atoms with van der Waals surface area (Å²) in [4.78, 5) is 10.7. The van der Waals surface area contributed by atoms with E-state index < -0.39 is 0 Å². The Labute approximate surface area is 107 Å². The van der Waals surface area contributed by atoms with Gasteiger partial charge >= 0.3 is 0 Å². The van der Waals surface area contributed by atoms with Gasteiger partial charge < -0.3 is 10.2 Å². The number of likely N-dealkylation sites (N-methyl/N-ethyl adjacent to an activating group) is 1. The summed E-state index contributed by atoms with van der Waals surface area (Å²) in [5.74, 6) is 0.873. The molecule has 0 unspecified atom stereocenters. The van der Waals surface area contributed by atoms with Crippen molar-refractivity contribution in [1.29, 1.82) is 0 Å². The molecule has 0 radical (unpaired) electrons. The largest absolute Gasteiger partial charge is 0.369 e. The van der Waals surface area contributed by atoms with Crippen molar-refractivity contribution in [1.82, 2.24) is 24.6 Å². The number of hydrogen-bond donors (Lipinski definition) is 1. The van der Waals surface area contributed by atoms with Crippen molar-refractivity contribution in [2.75, 3.05) is 32.5 Å². The Morgan fingerprint density at radius 3 is 2.89 bits per heavy atom. The van der Waals surface area contributed by atoms with Gasteiger partial charge in [-0.15, -0.1) is 0 Å². The molecule has 2 aromatic heterocycles. The highest BCUT2D eigenvalue weighted by Crippen LogP contribution is 2.18. The first-order chi connectivity index (χ1) is 8.72. The maximum Gasteiger partial charge on any atom is 0.163 e. The molecule has 0 spiro atoms. The Bertz CT molecular complexity index is 504. The van der Waals surface area contributed by atoms with Crippen molar-refractivity contribution >= 4 is 16.9 Å². The van der Waals surface area contributed by atoms with Gasteiger partial charge in [0.2, 0.25) is 0 Å². The second-order valence-electron chi connectivity index (χ2n) is 4.56. The summed E-state index contributed by atoms with van der Waals surface area (Å²) in [5.41, 5.74) is 0.894. The third-order valence-corrected chi connectivity index (χ3v) is 2.74. The van der Waals surface area contributed by atoms with Crippen molar-refractivity contribution < 1.29 is 0 Å². The molecule has 0 aromatic carbocycles. The van der Waals surface area contributed by atoms with Crippen LogP contribution in [-0.2, 0) is 6.54 Å². The highest BCUT2D eigenvalue weighted by Gasteiger charge is 2.09. The zero-order valence-corrected chi connectivity index (χ0v) is 11.2. The zero-order valence-electron chi connectivity index (χ0n) is 11.2. The van der Waals surface area contributed by atoms with E-state index in [-0.39, 0.29) is 0 Å². The van der Waals surface area contributed by atoms with Gasteiger partial charge in [0.15, 0.2) is 5.65 Å². The van der Waals surface area contributed by atoms with E-state index in [1.165, 1.54) is 0 Å². The predicted octanol–water partition coefficient (Wildman–Crippen LogP) is 1.21. The Kier molecular flexibility index (Phi) is 4.09. The van der Waals surface area contributed by atoms with Crippen LogP contribution in [0.4, 0.5) is 5.82 Å². The summed E-state index contributed by atoms with van der Waals surface area (Å²) < 4.78 is 1.92. The summed E-state index contributed by atoms with van der Waals surface area (Å²) in [5, 5.41) is 8.67. The van der Waals surface area contributed by atoms with Crippen LogP contribution in [0.2, 0.25) is 0 Å². The summed E-state index contributed by atoms with van der Waals surface area (Å²) in [6, 6.07) is 0. The molecular formula is C12H20N6. The minimum absolute atomic E-state index is 0.834. The van der Waals surface area contributed by atoms with Crippen LogP contribution >= 0.6 is 0 Å². The van der Waals surface area contributed by atoms with Crippen LogP contribution in [0.15, 0.2) is 12.5 Å². The smallest absolute Gasteiger partial charge is 0.163 e. The van der Waals surface area contributed by atoms with E-state index in [0.29, 0.717) is 0 Å². The van der Waals surface area contributed by atoms with Gasteiger partial charge in [0.25, 0.3) is 0 Å². The van der Waals surface area contributed by atoms with Crippen LogP contribution in [0.3, 0.4) is 0 Å². The molecule has 0 amide bonds. The average Bonchev–Trinajstić information content (AvgIpc) is 2.77. The normalized spacial score (nSPS) is 11.3. The Balaban J connectivity index is 2.24. The topological polar surface area (TPSA) is 58.9 Å². The average molecular weight is 248 g/mol. The Hall–Kier alpha value is -1.69. The first-order valence-electron chi connectivity index (χ1n) is 6.27. The molecule has 0 aliphatic rings. The van der Waals surface area contributed by atoms with E-state index in [0.717, 1.165) is 42.9 Å². The van der Waals surface area contributed by atoms with E-state index in [1.807, 2.05) is 10.9 Å². The van der Waals surface area contributed by atoms with Gasteiger partial charge in [-0.1, -0.05) is 6.92 Å². The van der Waals surface area contributed by atoms with Gasteiger partial charge in [0.1, 0.15) is 12.1 Å². The Morgan fingerprint density at radius 2 is 2.17 bits per heavy atom. The second kappa shape index (κ2) is 5.77. The van der Waals surface area contributed by atoms with Crippen LogP contribution in [0.25, 0.3) is 11.0 Å². The third-order valence-electron chi connectivity index (χ3n) is 2.74. The monoisotopic (exact) mass is 248 g/mol. The van der Waals surface area contributed by atoms with Gasteiger partial charge in [0.05, 0.1) is 18.1 Å². The molecule has 0 saturated carbocycles. The first-order valence-corrected chi connectivity index (χ1v) is 6.27. The van der Waals surface area contributed by atoms with Gasteiger partial charge in [0, 0.05) is 13.1 Å². The van der Waals surface area contributed by atoms with E-state index in [2.05, 4.69) is 46.3 Å². The highest BCUT2D eigenvalue weighted by atomic mass is 15.3. The lowest BCUT2D eigenvalue weighted by atomic mass is 10.3. The van der Waals surface area contributed by atoms with Crippen molar-refractivity contribution in [3.63, 3.8) is 0 Å².